The number of carboxylic acids is 1. The van der Waals surface area contributed by atoms with Gasteiger partial charge >= 0.3 is 12.0 Å². The minimum absolute atomic E-state index is 0.171. The average molecular weight is 320 g/mol. The van der Waals surface area contributed by atoms with E-state index in [0.717, 1.165) is 16.9 Å². The number of nitrogens with one attached hydrogen (secondary N) is 1. The smallest absolute Gasteiger partial charge is 0.321 e. The molecule has 1 aliphatic rings. The van der Waals surface area contributed by atoms with Gasteiger partial charge in [0.2, 0.25) is 0 Å². The summed E-state index contributed by atoms with van der Waals surface area (Å²) in [7, 11) is 1.60. The Morgan fingerprint density at radius 3 is 2.61 bits per heavy atom. The van der Waals surface area contributed by atoms with E-state index in [4.69, 9.17) is 4.74 Å². The van der Waals surface area contributed by atoms with Crippen LogP contribution in [-0.4, -0.2) is 42.2 Å². The fourth-order valence-corrected chi connectivity index (χ4v) is 3.17. The van der Waals surface area contributed by atoms with E-state index in [1.54, 1.807) is 12.0 Å². The highest BCUT2D eigenvalue weighted by Gasteiger charge is 2.32. The number of likely N-dealkylation sites (tertiary alicyclic amines) is 1. The summed E-state index contributed by atoms with van der Waals surface area (Å²) in [4.78, 5) is 25.3. The van der Waals surface area contributed by atoms with E-state index in [1.165, 1.54) is 0 Å². The van der Waals surface area contributed by atoms with Gasteiger partial charge in [-0.1, -0.05) is 13.0 Å². The van der Waals surface area contributed by atoms with E-state index in [-0.39, 0.29) is 18.5 Å². The predicted octanol–water partition coefficient (Wildman–Crippen LogP) is 2.89. The van der Waals surface area contributed by atoms with Gasteiger partial charge in [0.05, 0.1) is 13.0 Å². The first-order valence-electron chi connectivity index (χ1n) is 7.76. The largest absolute Gasteiger partial charge is 0.496 e. The molecular weight excluding hydrogens is 296 g/mol. The minimum Gasteiger partial charge on any atom is -0.496 e. The van der Waals surface area contributed by atoms with Crippen LogP contribution in [0.25, 0.3) is 0 Å². The third kappa shape index (κ3) is 3.75. The molecule has 2 N–H and O–H groups in total. The minimum atomic E-state index is -0.845. The van der Waals surface area contributed by atoms with Crippen molar-refractivity contribution in [1.29, 1.82) is 0 Å². The molecule has 2 unspecified atom stereocenters. The number of methoxy groups -OCH3 is 1. The molecule has 6 nitrogen and oxygen atoms in total. The number of ether oxygens (including phenoxy) is 1. The van der Waals surface area contributed by atoms with Crippen LogP contribution in [0.4, 0.5) is 10.5 Å². The van der Waals surface area contributed by atoms with Crippen molar-refractivity contribution >= 4 is 17.7 Å². The summed E-state index contributed by atoms with van der Waals surface area (Å²) in [5.74, 6) is -0.428. The maximum atomic E-state index is 12.5. The number of rotatable bonds is 3. The molecule has 0 radical (unpaired) electrons. The van der Waals surface area contributed by atoms with Crippen LogP contribution in [-0.2, 0) is 4.79 Å². The van der Waals surface area contributed by atoms with E-state index in [0.29, 0.717) is 18.7 Å². The van der Waals surface area contributed by atoms with Crippen LogP contribution in [0, 0.1) is 25.7 Å². The van der Waals surface area contributed by atoms with Crippen LogP contribution in [0.2, 0.25) is 0 Å². The van der Waals surface area contributed by atoms with Crippen LogP contribution >= 0.6 is 0 Å². The molecular formula is C17H24N2O4. The molecule has 1 heterocycles. The van der Waals surface area contributed by atoms with Crippen LogP contribution < -0.4 is 10.1 Å². The number of carbonyl (C=O) groups excluding carboxylic acids is 1. The van der Waals surface area contributed by atoms with Crippen molar-refractivity contribution in [3.05, 3.63) is 23.3 Å². The van der Waals surface area contributed by atoms with Gasteiger partial charge < -0.3 is 20.1 Å². The number of anilines is 1. The van der Waals surface area contributed by atoms with Crippen molar-refractivity contribution in [3.8, 4) is 5.75 Å². The van der Waals surface area contributed by atoms with E-state index in [2.05, 4.69) is 5.32 Å². The molecule has 2 atom stereocenters. The number of benzene rings is 1. The van der Waals surface area contributed by atoms with Crippen molar-refractivity contribution < 1.29 is 19.4 Å². The van der Waals surface area contributed by atoms with E-state index in [1.807, 2.05) is 32.9 Å². The van der Waals surface area contributed by atoms with Gasteiger partial charge in [0.1, 0.15) is 5.75 Å². The zero-order valence-corrected chi connectivity index (χ0v) is 14.0. The van der Waals surface area contributed by atoms with Gasteiger partial charge in [0, 0.05) is 24.3 Å². The first-order chi connectivity index (χ1) is 10.8. The molecule has 1 saturated heterocycles. The van der Waals surface area contributed by atoms with Crippen molar-refractivity contribution in [2.75, 3.05) is 25.5 Å². The molecule has 0 spiro atoms. The van der Waals surface area contributed by atoms with Gasteiger partial charge in [-0.05, 0) is 37.8 Å². The maximum Gasteiger partial charge on any atom is 0.321 e. The average Bonchev–Trinajstić information content (AvgIpc) is 2.50. The van der Waals surface area contributed by atoms with Crippen molar-refractivity contribution in [1.82, 2.24) is 4.90 Å². The molecule has 1 aromatic rings. The highest BCUT2D eigenvalue weighted by Crippen LogP contribution is 2.30. The molecule has 1 aromatic carbocycles. The van der Waals surface area contributed by atoms with Gasteiger partial charge in [-0.25, -0.2) is 4.79 Å². The van der Waals surface area contributed by atoms with Gasteiger partial charge in [0.25, 0.3) is 0 Å². The molecule has 126 valence electrons. The Kier molecular flexibility index (Phi) is 5.13. The summed E-state index contributed by atoms with van der Waals surface area (Å²) in [6, 6.07) is 3.46. The summed E-state index contributed by atoms with van der Waals surface area (Å²) < 4.78 is 5.37. The summed E-state index contributed by atoms with van der Waals surface area (Å²) in [6.07, 6.45) is 0.608. The van der Waals surface area contributed by atoms with Crippen LogP contribution in [0.3, 0.4) is 0 Å². The van der Waals surface area contributed by atoms with Crippen LogP contribution in [0.5, 0.6) is 5.75 Å². The number of carboxylic acid groups (broad SMARTS) is 1. The molecule has 0 aromatic heterocycles. The second-order valence-corrected chi connectivity index (χ2v) is 6.30. The molecule has 6 heteroatoms. The molecule has 0 aliphatic carbocycles. The number of nitrogens with zero attached hydrogens (tertiary/aromatic N) is 1. The predicted molar refractivity (Wildman–Crippen MR) is 88.0 cm³/mol. The Balaban J connectivity index is 2.14. The second-order valence-electron chi connectivity index (χ2n) is 6.30. The standard InChI is InChI=1S/C17H24N2O4/c1-10-7-13(16(20)21)9-19(8-10)17(22)18-14-6-5-11(2)15(23-4)12(14)3/h5-6,10,13H,7-9H2,1-4H3,(H,18,22)(H,20,21). The molecule has 23 heavy (non-hydrogen) atoms. The maximum absolute atomic E-state index is 12.5. The van der Waals surface area contributed by atoms with Gasteiger partial charge in [-0.3, -0.25) is 4.79 Å². The van der Waals surface area contributed by atoms with E-state index in [9.17, 15) is 14.7 Å². The quantitative estimate of drug-likeness (QED) is 0.897. The number of hydrogen-bond donors (Lipinski definition) is 2. The summed E-state index contributed by atoms with van der Waals surface area (Å²) in [5, 5.41) is 12.1. The first kappa shape index (κ1) is 17.1. The van der Waals surface area contributed by atoms with Crippen molar-refractivity contribution in [3.63, 3.8) is 0 Å². The summed E-state index contributed by atoms with van der Waals surface area (Å²) in [5.41, 5.74) is 2.55. The summed E-state index contributed by atoms with van der Waals surface area (Å²) in [6.45, 7) is 6.61. The zero-order chi connectivity index (χ0) is 17.1. The van der Waals surface area contributed by atoms with Crippen LogP contribution in [0.1, 0.15) is 24.5 Å². The van der Waals surface area contributed by atoms with Crippen molar-refractivity contribution in [2.24, 2.45) is 11.8 Å². The second kappa shape index (κ2) is 6.89. The Labute approximate surface area is 136 Å². The summed E-state index contributed by atoms with van der Waals surface area (Å²) >= 11 is 0. The Hall–Kier alpha value is -2.24. The topological polar surface area (TPSA) is 78.9 Å². The van der Waals surface area contributed by atoms with E-state index < -0.39 is 11.9 Å². The number of urea groups is 1. The van der Waals surface area contributed by atoms with E-state index >= 15 is 0 Å². The lowest BCUT2D eigenvalue weighted by Gasteiger charge is -2.34. The SMILES string of the molecule is COc1c(C)ccc(NC(=O)N2CC(C)CC(C(=O)O)C2)c1C. The lowest BCUT2D eigenvalue weighted by molar-refractivity contribution is -0.143. The normalized spacial score (nSPS) is 21.0. The van der Waals surface area contributed by atoms with Gasteiger partial charge in [0.15, 0.2) is 0 Å². The number of aliphatic carboxylic acids is 1. The number of aryl methyl sites for hydroxylation is 1. The number of amides is 2. The first-order valence-corrected chi connectivity index (χ1v) is 7.76. The Bertz CT molecular complexity index is 615. The third-order valence-electron chi connectivity index (χ3n) is 4.34. The molecule has 0 saturated carbocycles. The molecule has 2 amide bonds. The highest BCUT2D eigenvalue weighted by molar-refractivity contribution is 5.91. The van der Waals surface area contributed by atoms with Crippen molar-refractivity contribution in [2.45, 2.75) is 27.2 Å². The number of piperidine rings is 1. The molecule has 1 aliphatic heterocycles. The number of hydrogen-bond acceptors (Lipinski definition) is 3. The molecule has 2 rings (SSSR count). The third-order valence-corrected chi connectivity index (χ3v) is 4.34. The molecule has 0 bridgehead atoms. The monoisotopic (exact) mass is 320 g/mol. The zero-order valence-electron chi connectivity index (χ0n) is 14.0. The highest BCUT2D eigenvalue weighted by atomic mass is 16.5. The molecule has 1 fully saturated rings. The lowest BCUT2D eigenvalue weighted by atomic mass is 9.91. The van der Waals surface area contributed by atoms with Crippen LogP contribution in [0.15, 0.2) is 12.1 Å². The fraction of sp³-hybridized carbons (Fsp3) is 0.529. The fourth-order valence-electron chi connectivity index (χ4n) is 3.17. The lowest BCUT2D eigenvalue weighted by Crippen LogP contribution is -2.47. The van der Waals surface area contributed by atoms with Gasteiger partial charge in [-0.2, -0.15) is 0 Å². The van der Waals surface area contributed by atoms with Gasteiger partial charge in [-0.15, -0.1) is 0 Å². The Morgan fingerprint density at radius 2 is 2.00 bits per heavy atom. The Morgan fingerprint density at radius 1 is 1.30 bits per heavy atom. The number of carbonyl (C=O) groups is 2.